The number of nitrogens with zero attached hydrogens (tertiary/aromatic N) is 3. The molecule has 94 valence electrons. The summed E-state index contributed by atoms with van der Waals surface area (Å²) < 4.78 is 15.3. The Morgan fingerprint density at radius 1 is 0.875 bits per heavy atom. The monoisotopic (exact) mass is 235 g/mol. The third-order valence-corrected chi connectivity index (χ3v) is 1.46. The summed E-state index contributed by atoms with van der Waals surface area (Å²) in [7, 11) is 0. The first kappa shape index (κ1) is 15.1. The second-order valence-corrected chi connectivity index (χ2v) is 2.62. The van der Waals surface area contributed by atoms with E-state index in [0.717, 1.165) is 0 Å². The third-order valence-electron chi connectivity index (χ3n) is 1.46. The van der Waals surface area contributed by atoms with Crippen LogP contribution in [0, 0.1) is 0 Å². The SMILES string of the molecule is [N-]=[N+]=NCCOCCOCCOCCOO. The Balaban J connectivity index is 2.90. The van der Waals surface area contributed by atoms with Gasteiger partial charge in [-0.15, -0.1) is 0 Å². The van der Waals surface area contributed by atoms with Gasteiger partial charge in [-0.3, -0.25) is 5.26 Å². The van der Waals surface area contributed by atoms with E-state index in [2.05, 4.69) is 14.9 Å². The van der Waals surface area contributed by atoms with Crippen molar-refractivity contribution in [3.05, 3.63) is 10.4 Å². The predicted molar refractivity (Wildman–Crippen MR) is 55.1 cm³/mol. The van der Waals surface area contributed by atoms with Crippen molar-refractivity contribution in [2.45, 2.75) is 0 Å². The maximum absolute atomic E-state index is 7.97. The summed E-state index contributed by atoms with van der Waals surface area (Å²) >= 11 is 0. The lowest BCUT2D eigenvalue weighted by Gasteiger charge is -2.05. The van der Waals surface area contributed by atoms with Gasteiger partial charge in [0.15, 0.2) is 0 Å². The van der Waals surface area contributed by atoms with E-state index in [0.29, 0.717) is 46.2 Å². The van der Waals surface area contributed by atoms with Gasteiger partial charge in [-0.05, 0) is 5.53 Å². The molecule has 0 atom stereocenters. The molecule has 0 rings (SSSR count). The number of hydrogen-bond acceptors (Lipinski definition) is 6. The molecule has 0 aromatic carbocycles. The van der Waals surface area contributed by atoms with Crippen molar-refractivity contribution in [2.75, 3.05) is 52.8 Å². The first-order chi connectivity index (χ1) is 7.91. The maximum Gasteiger partial charge on any atom is 0.105 e. The van der Waals surface area contributed by atoms with Crippen LogP contribution >= 0.6 is 0 Å². The van der Waals surface area contributed by atoms with E-state index in [1.54, 1.807) is 0 Å². The zero-order chi connectivity index (χ0) is 11.9. The largest absolute Gasteiger partial charge is 0.379 e. The van der Waals surface area contributed by atoms with Gasteiger partial charge in [0.25, 0.3) is 0 Å². The topological polar surface area (TPSA) is 106 Å². The molecular weight excluding hydrogens is 218 g/mol. The average Bonchev–Trinajstić information content (AvgIpc) is 2.31. The Morgan fingerprint density at radius 3 is 1.88 bits per heavy atom. The molecule has 0 amide bonds. The molecule has 0 aliphatic heterocycles. The van der Waals surface area contributed by atoms with Crippen LogP contribution in [0.1, 0.15) is 0 Å². The Bertz CT molecular complexity index is 187. The molecule has 0 fully saturated rings. The molecule has 0 radical (unpaired) electrons. The van der Waals surface area contributed by atoms with Crippen LogP contribution in [0.4, 0.5) is 0 Å². The van der Waals surface area contributed by atoms with Crippen LogP contribution in [0.5, 0.6) is 0 Å². The normalized spacial score (nSPS) is 10.1. The average molecular weight is 235 g/mol. The smallest absolute Gasteiger partial charge is 0.105 e. The second-order valence-electron chi connectivity index (χ2n) is 2.62. The van der Waals surface area contributed by atoms with Gasteiger partial charge in [-0.1, -0.05) is 5.11 Å². The van der Waals surface area contributed by atoms with Gasteiger partial charge in [0.1, 0.15) is 6.61 Å². The molecule has 0 aliphatic carbocycles. The van der Waals surface area contributed by atoms with Crippen LogP contribution in [0.15, 0.2) is 5.11 Å². The molecule has 8 heteroatoms. The highest BCUT2D eigenvalue weighted by molar-refractivity contribution is 4.44. The maximum atomic E-state index is 7.97. The van der Waals surface area contributed by atoms with Crippen LogP contribution in [0.3, 0.4) is 0 Å². The van der Waals surface area contributed by atoms with Crippen molar-refractivity contribution in [3.63, 3.8) is 0 Å². The number of azide groups is 1. The summed E-state index contributed by atoms with van der Waals surface area (Å²) in [5.74, 6) is 0. The molecule has 0 saturated carbocycles. The first-order valence-electron chi connectivity index (χ1n) is 4.92. The lowest BCUT2D eigenvalue weighted by molar-refractivity contribution is -0.249. The molecule has 8 nitrogen and oxygen atoms in total. The fourth-order valence-corrected chi connectivity index (χ4v) is 0.788. The molecule has 16 heavy (non-hydrogen) atoms. The predicted octanol–water partition coefficient (Wildman–Crippen LogP) is 0.836. The summed E-state index contributed by atoms with van der Waals surface area (Å²) in [6, 6.07) is 0. The minimum absolute atomic E-state index is 0.155. The molecular formula is C8H17N3O5. The molecule has 0 aromatic rings. The van der Waals surface area contributed by atoms with Crippen molar-refractivity contribution in [3.8, 4) is 0 Å². The number of rotatable bonds is 12. The highest BCUT2D eigenvalue weighted by Crippen LogP contribution is 1.82. The van der Waals surface area contributed by atoms with Gasteiger partial charge >= 0.3 is 0 Å². The molecule has 0 unspecified atom stereocenters. The van der Waals surface area contributed by atoms with Gasteiger partial charge < -0.3 is 14.2 Å². The Hall–Kier alpha value is -0.890. The van der Waals surface area contributed by atoms with Crippen LogP contribution in [-0.4, -0.2) is 58.1 Å². The molecule has 0 aromatic heterocycles. The summed E-state index contributed by atoms with van der Waals surface area (Å²) in [6.45, 7) is 3.06. The molecule has 1 N–H and O–H groups in total. The van der Waals surface area contributed by atoms with Crippen molar-refractivity contribution < 1.29 is 24.4 Å². The lowest BCUT2D eigenvalue weighted by Crippen LogP contribution is -2.12. The summed E-state index contributed by atoms with van der Waals surface area (Å²) in [5, 5.41) is 11.3. The van der Waals surface area contributed by atoms with Gasteiger partial charge in [-0.2, -0.15) is 0 Å². The van der Waals surface area contributed by atoms with E-state index in [1.165, 1.54) is 0 Å². The number of hydrogen-bond donors (Lipinski definition) is 1. The zero-order valence-corrected chi connectivity index (χ0v) is 9.08. The zero-order valence-electron chi connectivity index (χ0n) is 9.08. The Kier molecular flexibility index (Phi) is 13.3. The highest BCUT2D eigenvalue weighted by Gasteiger charge is 1.91. The van der Waals surface area contributed by atoms with Crippen LogP contribution in [-0.2, 0) is 19.1 Å². The van der Waals surface area contributed by atoms with Crippen molar-refractivity contribution in [2.24, 2.45) is 5.11 Å². The van der Waals surface area contributed by atoms with Crippen molar-refractivity contribution >= 4 is 0 Å². The van der Waals surface area contributed by atoms with E-state index >= 15 is 0 Å². The fraction of sp³-hybridized carbons (Fsp3) is 1.00. The van der Waals surface area contributed by atoms with Crippen molar-refractivity contribution in [1.82, 2.24) is 0 Å². The summed E-state index contributed by atoms with van der Waals surface area (Å²) in [4.78, 5) is 6.40. The van der Waals surface area contributed by atoms with Gasteiger partial charge in [0, 0.05) is 11.5 Å². The van der Waals surface area contributed by atoms with E-state index in [-0.39, 0.29) is 6.61 Å². The highest BCUT2D eigenvalue weighted by atomic mass is 17.1. The fourth-order valence-electron chi connectivity index (χ4n) is 0.788. The van der Waals surface area contributed by atoms with E-state index < -0.39 is 0 Å². The molecule has 0 bridgehead atoms. The first-order valence-corrected chi connectivity index (χ1v) is 4.92. The molecule has 0 saturated heterocycles. The minimum Gasteiger partial charge on any atom is -0.379 e. The van der Waals surface area contributed by atoms with E-state index in [1.807, 2.05) is 0 Å². The van der Waals surface area contributed by atoms with E-state index in [9.17, 15) is 0 Å². The third kappa shape index (κ3) is 13.1. The Morgan fingerprint density at radius 2 is 1.38 bits per heavy atom. The summed E-state index contributed by atoms with van der Waals surface area (Å²) in [6.07, 6.45) is 0. The number of ether oxygens (including phenoxy) is 3. The van der Waals surface area contributed by atoms with E-state index in [4.69, 9.17) is 25.0 Å². The molecule has 0 heterocycles. The Labute approximate surface area is 93.6 Å². The van der Waals surface area contributed by atoms with Gasteiger partial charge in [-0.25, -0.2) is 4.89 Å². The van der Waals surface area contributed by atoms with Crippen molar-refractivity contribution in [1.29, 1.82) is 0 Å². The quantitative estimate of drug-likeness (QED) is 0.135. The van der Waals surface area contributed by atoms with Gasteiger partial charge in [0.2, 0.25) is 0 Å². The van der Waals surface area contributed by atoms with Crippen LogP contribution < -0.4 is 0 Å². The van der Waals surface area contributed by atoms with Crippen LogP contribution in [0.25, 0.3) is 10.4 Å². The van der Waals surface area contributed by atoms with Crippen LogP contribution in [0.2, 0.25) is 0 Å². The standard InChI is InChI=1S/C8H17N3O5/c9-11-10-1-2-13-3-4-14-5-6-15-7-8-16-12/h12H,1-8H2. The second kappa shape index (κ2) is 14.1. The van der Waals surface area contributed by atoms with Gasteiger partial charge in [0.05, 0.1) is 39.6 Å². The summed E-state index contributed by atoms with van der Waals surface area (Å²) in [5.41, 5.74) is 7.97. The lowest BCUT2D eigenvalue weighted by atomic mass is 10.7. The molecule has 0 aliphatic rings. The molecule has 0 spiro atoms. The minimum atomic E-state index is 0.155.